The molecule has 0 amide bonds. The maximum absolute atomic E-state index is 3.97. The van der Waals surface area contributed by atoms with E-state index in [4.69, 9.17) is 0 Å². The van der Waals surface area contributed by atoms with Crippen molar-refractivity contribution in [1.82, 2.24) is 5.32 Å². The molecule has 0 atom stereocenters. The summed E-state index contributed by atoms with van der Waals surface area (Å²) in [6, 6.07) is 0. The van der Waals surface area contributed by atoms with Crippen molar-refractivity contribution in [2.45, 2.75) is 34.1 Å². The van der Waals surface area contributed by atoms with Crippen molar-refractivity contribution < 1.29 is 0 Å². The molecule has 0 aliphatic carbocycles. The molecule has 0 rings (SSSR count). The smallest absolute Gasteiger partial charge is 0.0334 e. The zero-order chi connectivity index (χ0) is 11.8. The SMILES string of the molecule is C=C(/C=C\C(C)=C(C)C)C(=C)NCCC. The lowest BCUT2D eigenvalue weighted by Crippen LogP contribution is -2.13. The Morgan fingerprint density at radius 1 is 1.13 bits per heavy atom. The first kappa shape index (κ1) is 13.8. The lowest BCUT2D eigenvalue weighted by atomic mass is 10.1. The second-order valence-electron chi connectivity index (χ2n) is 3.95. The summed E-state index contributed by atoms with van der Waals surface area (Å²) in [5.74, 6) is 0. The minimum atomic E-state index is 0.912. The molecular weight excluding hydrogens is 182 g/mol. The molecule has 0 fully saturated rings. The van der Waals surface area contributed by atoms with Crippen LogP contribution in [0.15, 0.2) is 47.7 Å². The first-order valence-corrected chi connectivity index (χ1v) is 5.43. The van der Waals surface area contributed by atoms with Crippen LogP contribution in [0.4, 0.5) is 0 Å². The molecule has 0 aromatic rings. The van der Waals surface area contributed by atoms with E-state index in [0.29, 0.717) is 0 Å². The number of rotatable bonds is 6. The van der Waals surface area contributed by atoms with E-state index < -0.39 is 0 Å². The van der Waals surface area contributed by atoms with E-state index in [1.807, 2.05) is 6.08 Å². The van der Waals surface area contributed by atoms with Crippen LogP contribution in [0.25, 0.3) is 0 Å². The lowest BCUT2D eigenvalue weighted by Gasteiger charge is -2.07. The summed E-state index contributed by atoms with van der Waals surface area (Å²) >= 11 is 0. The van der Waals surface area contributed by atoms with Crippen molar-refractivity contribution in [2.75, 3.05) is 6.54 Å². The van der Waals surface area contributed by atoms with Gasteiger partial charge in [-0.15, -0.1) is 0 Å². The van der Waals surface area contributed by atoms with E-state index in [1.165, 1.54) is 11.1 Å². The van der Waals surface area contributed by atoms with Gasteiger partial charge in [-0.2, -0.15) is 0 Å². The Morgan fingerprint density at radius 2 is 1.73 bits per heavy atom. The van der Waals surface area contributed by atoms with E-state index in [-0.39, 0.29) is 0 Å². The Balaban J connectivity index is 4.25. The molecule has 0 bridgehead atoms. The predicted octanol–water partition coefficient (Wildman–Crippen LogP) is 3.97. The summed E-state index contributed by atoms with van der Waals surface area (Å²) in [4.78, 5) is 0. The Morgan fingerprint density at radius 3 is 2.20 bits per heavy atom. The standard InChI is InChI=1S/C14H23N/c1-7-10-15-14(6)13(5)9-8-12(4)11(2)3/h8-9,15H,5-7,10H2,1-4H3/b9-8-. The fraction of sp³-hybridized carbons (Fsp3) is 0.429. The molecule has 15 heavy (non-hydrogen) atoms. The molecule has 0 aromatic carbocycles. The summed E-state index contributed by atoms with van der Waals surface area (Å²) in [6.45, 7) is 17.3. The molecule has 0 spiro atoms. The van der Waals surface area contributed by atoms with Gasteiger partial charge in [0.25, 0.3) is 0 Å². The van der Waals surface area contributed by atoms with Gasteiger partial charge >= 0.3 is 0 Å². The molecule has 1 heteroatoms. The quantitative estimate of drug-likeness (QED) is 0.647. The third-order valence-corrected chi connectivity index (χ3v) is 2.30. The Labute approximate surface area is 94.3 Å². The van der Waals surface area contributed by atoms with Crippen molar-refractivity contribution in [3.8, 4) is 0 Å². The van der Waals surface area contributed by atoms with Crippen molar-refractivity contribution in [1.29, 1.82) is 0 Å². The minimum absolute atomic E-state index is 0.912. The van der Waals surface area contributed by atoms with Crippen LogP contribution in [-0.4, -0.2) is 6.54 Å². The Hall–Kier alpha value is -1.24. The number of hydrogen-bond donors (Lipinski definition) is 1. The molecular formula is C14H23N. The zero-order valence-electron chi connectivity index (χ0n) is 10.5. The molecule has 1 N–H and O–H groups in total. The zero-order valence-corrected chi connectivity index (χ0v) is 10.5. The fourth-order valence-corrected chi connectivity index (χ4v) is 0.882. The molecule has 0 saturated heterocycles. The van der Waals surface area contributed by atoms with Crippen LogP contribution in [0, 0.1) is 0 Å². The normalized spacial score (nSPS) is 10.1. The molecule has 0 saturated carbocycles. The van der Waals surface area contributed by atoms with Crippen molar-refractivity contribution >= 4 is 0 Å². The summed E-state index contributed by atoms with van der Waals surface area (Å²) in [5, 5.41) is 3.22. The van der Waals surface area contributed by atoms with E-state index >= 15 is 0 Å². The lowest BCUT2D eigenvalue weighted by molar-refractivity contribution is 0.782. The predicted molar refractivity (Wildman–Crippen MR) is 69.8 cm³/mol. The molecule has 0 unspecified atom stereocenters. The summed E-state index contributed by atoms with van der Waals surface area (Å²) in [6.07, 6.45) is 5.19. The van der Waals surface area contributed by atoms with Crippen LogP contribution < -0.4 is 5.32 Å². The number of nitrogens with one attached hydrogen (secondary N) is 1. The first-order chi connectivity index (χ1) is 6.99. The van der Waals surface area contributed by atoms with Crippen molar-refractivity contribution in [2.24, 2.45) is 0 Å². The summed E-state index contributed by atoms with van der Waals surface area (Å²) in [7, 11) is 0. The topological polar surface area (TPSA) is 12.0 Å². The van der Waals surface area contributed by atoms with Crippen LogP contribution in [0.5, 0.6) is 0 Å². The maximum Gasteiger partial charge on any atom is 0.0334 e. The molecule has 0 radical (unpaired) electrons. The van der Waals surface area contributed by atoms with Gasteiger partial charge in [-0.05, 0) is 32.8 Å². The third-order valence-electron chi connectivity index (χ3n) is 2.30. The molecule has 0 aliphatic rings. The second kappa shape index (κ2) is 7.10. The van der Waals surface area contributed by atoms with E-state index in [1.54, 1.807) is 0 Å². The first-order valence-electron chi connectivity index (χ1n) is 5.43. The Kier molecular flexibility index (Phi) is 6.52. The van der Waals surface area contributed by atoms with Crippen LogP contribution in [0.3, 0.4) is 0 Å². The van der Waals surface area contributed by atoms with Gasteiger partial charge in [0.05, 0.1) is 0 Å². The van der Waals surface area contributed by atoms with Gasteiger partial charge in [0, 0.05) is 12.2 Å². The van der Waals surface area contributed by atoms with Gasteiger partial charge in [-0.25, -0.2) is 0 Å². The van der Waals surface area contributed by atoms with E-state index in [2.05, 4.69) is 52.2 Å². The largest absolute Gasteiger partial charge is 0.385 e. The van der Waals surface area contributed by atoms with Gasteiger partial charge in [-0.3, -0.25) is 0 Å². The van der Waals surface area contributed by atoms with E-state index in [9.17, 15) is 0 Å². The minimum Gasteiger partial charge on any atom is -0.385 e. The number of allylic oxidation sites excluding steroid dienone is 4. The van der Waals surface area contributed by atoms with Crippen LogP contribution in [-0.2, 0) is 0 Å². The highest BCUT2D eigenvalue weighted by atomic mass is 14.9. The van der Waals surface area contributed by atoms with Crippen LogP contribution >= 0.6 is 0 Å². The monoisotopic (exact) mass is 205 g/mol. The van der Waals surface area contributed by atoms with E-state index in [0.717, 1.165) is 24.2 Å². The highest BCUT2D eigenvalue weighted by Crippen LogP contribution is 2.08. The van der Waals surface area contributed by atoms with Crippen molar-refractivity contribution in [3.63, 3.8) is 0 Å². The summed E-state index contributed by atoms with van der Waals surface area (Å²) in [5.41, 5.74) is 4.46. The third kappa shape index (κ3) is 5.95. The fourth-order valence-electron chi connectivity index (χ4n) is 0.882. The van der Waals surface area contributed by atoms with Crippen molar-refractivity contribution in [3.05, 3.63) is 47.7 Å². The maximum atomic E-state index is 3.97. The second-order valence-corrected chi connectivity index (χ2v) is 3.95. The van der Waals surface area contributed by atoms with Gasteiger partial charge in [0.1, 0.15) is 0 Å². The average Bonchev–Trinajstić information content (AvgIpc) is 2.21. The van der Waals surface area contributed by atoms with Gasteiger partial charge < -0.3 is 5.32 Å². The van der Waals surface area contributed by atoms with Crippen LogP contribution in [0.1, 0.15) is 34.1 Å². The molecule has 0 aromatic heterocycles. The highest BCUT2D eigenvalue weighted by Gasteiger charge is 1.94. The summed E-state index contributed by atoms with van der Waals surface area (Å²) < 4.78 is 0. The Bertz CT molecular complexity index is 288. The molecule has 84 valence electrons. The van der Waals surface area contributed by atoms with Gasteiger partial charge in [0.2, 0.25) is 0 Å². The highest BCUT2D eigenvalue weighted by molar-refractivity contribution is 5.37. The van der Waals surface area contributed by atoms with Gasteiger partial charge in [0.15, 0.2) is 0 Å². The number of hydrogen-bond acceptors (Lipinski definition) is 1. The molecule has 1 nitrogen and oxygen atoms in total. The van der Waals surface area contributed by atoms with Gasteiger partial charge in [-0.1, -0.05) is 43.4 Å². The molecule has 0 heterocycles. The average molecular weight is 205 g/mol. The van der Waals surface area contributed by atoms with Crippen LogP contribution in [0.2, 0.25) is 0 Å². The molecule has 0 aliphatic heterocycles.